The van der Waals surface area contributed by atoms with Gasteiger partial charge in [-0.15, -0.1) is 0 Å². The number of hydrogen-bond donors (Lipinski definition) is 1. The van der Waals surface area contributed by atoms with Gasteiger partial charge in [-0.2, -0.15) is 0 Å². The summed E-state index contributed by atoms with van der Waals surface area (Å²) in [6.07, 6.45) is 3.59. The lowest BCUT2D eigenvalue weighted by Gasteiger charge is -2.29. The molecule has 0 aliphatic carbocycles. The smallest absolute Gasteiger partial charge is 0.271 e. The molecular formula is C15H14FN3O2S. The number of carbonyl (C=O) groups is 2. The van der Waals surface area contributed by atoms with E-state index in [1.165, 1.54) is 18.2 Å². The number of para-hydroxylation sites is 1. The Balaban J connectivity index is 1.97. The van der Waals surface area contributed by atoms with Crippen LogP contribution in [0.4, 0.5) is 10.1 Å². The molecule has 0 aromatic heterocycles. The highest BCUT2D eigenvalue weighted by atomic mass is 32.1. The van der Waals surface area contributed by atoms with Crippen molar-refractivity contribution in [1.82, 2.24) is 10.2 Å². The maximum atomic E-state index is 14.0. The number of rotatable bonds is 2. The zero-order valence-corrected chi connectivity index (χ0v) is 12.5. The number of anilines is 1. The van der Waals surface area contributed by atoms with Gasteiger partial charge in [-0.05, 0) is 37.2 Å². The van der Waals surface area contributed by atoms with E-state index in [9.17, 15) is 14.0 Å². The SMILES string of the molecule is O=C1NC(=S)N(c2ccccc2F)C(=O)/C1=C/N1CCCC1. The number of nitrogens with zero attached hydrogens (tertiary/aromatic N) is 2. The third-order valence-electron chi connectivity index (χ3n) is 3.65. The molecule has 2 heterocycles. The van der Waals surface area contributed by atoms with Crippen LogP contribution in [0.5, 0.6) is 0 Å². The van der Waals surface area contributed by atoms with Crippen LogP contribution in [0, 0.1) is 5.82 Å². The second-order valence-electron chi connectivity index (χ2n) is 5.14. The fourth-order valence-electron chi connectivity index (χ4n) is 2.55. The van der Waals surface area contributed by atoms with E-state index in [4.69, 9.17) is 12.2 Å². The first kappa shape index (κ1) is 14.6. The van der Waals surface area contributed by atoms with Crippen molar-refractivity contribution in [3.05, 3.63) is 41.9 Å². The zero-order valence-electron chi connectivity index (χ0n) is 11.7. The highest BCUT2D eigenvalue weighted by molar-refractivity contribution is 7.80. The summed E-state index contributed by atoms with van der Waals surface area (Å²) in [5.41, 5.74) is 0.00331. The Morgan fingerprint density at radius 2 is 1.86 bits per heavy atom. The average molecular weight is 319 g/mol. The van der Waals surface area contributed by atoms with Gasteiger partial charge in [0.2, 0.25) is 0 Å². The van der Waals surface area contributed by atoms with E-state index < -0.39 is 17.6 Å². The van der Waals surface area contributed by atoms with Crippen molar-refractivity contribution in [2.45, 2.75) is 12.8 Å². The van der Waals surface area contributed by atoms with Crippen molar-refractivity contribution >= 4 is 34.8 Å². The molecule has 2 aliphatic heterocycles. The van der Waals surface area contributed by atoms with Gasteiger partial charge in [0, 0.05) is 19.3 Å². The number of likely N-dealkylation sites (tertiary alicyclic amines) is 1. The van der Waals surface area contributed by atoms with Crippen LogP contribution in [0.2, 0.25) is 0 Å². The highest BCUT2D eigenvalue weighted by Gasteiger charge is 2.36. The van der Waals surface area contributed by atoms with Gasteiger partial charge in [0.15, 0.2) is 5.11 Å². The van der Waals surface area contributed by atoms with Crippen LogP contribution in [-0.2, 0) is 9.59 Å². The fraction of sp³-hybridized carbons (Fsp3) is 0.267. The third-order valence-corrected chi connectivity index (χ3v) is 3.93. The van der Waals surface area contributed by atoms with E-state index in [0.717, 1.165) is 30.8 Å². The molecule has 2 amide bonds. The Hall–Kier alpha value is -2.28. The summed E-state index contributed by atoms with van der Waals surface area (Å²) < 4.78 is 14.0. The molecule has 2 aliphatic rings. The van der Waals surface area contributed by atoms with Gasteiger partial charge >= 0.3 is 0 Å². The van der Waals surface area contributed by atoms with Crippen LogP contribution in [0.15, 0.2) is 36.0 Å². The largest absolute Gasteiger partial charge is 0.377 e. The molecule has 2 saturated heterocycles. The Labute approximate surface area is 132 Å². The highest BCUT2D eigenvalue weighted by Crippen LogP contribution is 2.24. The van der Waals surface area contributed by atoms with Gasteiger partial charge in [-0.25, -0.2) is 9.29 Å². The quantitative estimate of drug-likeness (QED) is 0.510. The predicted octanol–water partition coefficient (Wildman–Crippen LogP) is 1.55. The van der Waals surface area contributed by atoms with Crippen molar-refractivity contribution < 1.29 is 14.0 Å². The van der Waals surface area contributed by atoms with E-state index in [-0.39, 0.29) is 16.4 Å². The molecule has 1 aromatic carbocycles. The van der Waals surface area contributed by atoms with Crippen LogP contribution in [-0.4, -0.2) is 34.9 Å². The third kappa shape index (κ3) is 2.59. The summed E-state index contributed by atoms with van der Waals surface area (Å²) in [6, 6.07) is 5.82. The minimum atomic E-state index is -0.606. The lowest BCUT2D eigenvalue weighted by atomic mass is 10.1. The number of benzene rings is 1. The number of nitrogens with one attached hydrogen (secondary N) is 1. The summed E-state index contributed by atoms with van der Waals surface area (Å²) in [7, 11) is 0. The minimum absolute atomic E-state index is 0.0289. The molecule has 0 bridgehead atoms. The molecule has 3 rings (SSSR count). The zero-order chi connectivity index (χ0) is 15.7. The van der Waals surface area contributed by atoms with Gasteiger partial charge in [-0.3, -0.25) is 14.9 Å². The summed E-state index contributed by atoms with van der Waals surface area (Å²) >= 11 is 5.02. The lowest BCUT2D eigenvalue weighted by molar-refractivity contribution is -0.122. The molecule has 22 heavy (non-hydrogen) atoms. The van der Waals surface area contributed by atoms with Gasteiger partial charge in [0.05, 0.1) is 5.69 Å². The summed E-state index contributed by atoms with van der Waals surface area (Å²) in [4.78, 5) is 27.6. The Kier molecular flexibility index (Phi) is 3.89. The molecule has 114 valence electrons. The molecule has 7 heteroatoms. The number of thiocarbonyl (C=S) groups is 1. The summed E-state index contributed by atoms with van der Waals surface area (Å²) in [5, 5.41) is 2.33. The molecule has 0 spiro atoms. The van der Waals surface area contributed by atoms with Gasteiger partial charge in [-0.1, -0.05) is 12.1 Å². The molecular weight excluding hydrogens is 305 g/mol. The predicted molar refractivity (Wildman–Crippen MR) is 83.5 cm³/mol. The first-order valence-corrected chi connectivity index (χ1v) is 7.39. The number of halogens is 1. The Morgan fingerprint density at radius 3 is 2.55 bits per heavy atom. The fourth-order valence-corrected chi connectivity index (χ4v) is 2.82. The number of carbonyl (C=O) groups excluding carboxylic acids is 2. The number of hydrogen-bond acceptors (Lipinski definition) is 4. The standard InChI is InChI=1S/C15H14FN3O2S/c16-11-5-1-2-6-12(11)19-14(21)10(13(20)17-15(19)22)9-18-7-3-4-8-18/h1-2,5-6,9H,3-4,7-8H2,(H,17,20,22)/b10-9+. The van der Waals surface area contributed by atoms with Crippen LogP contribution >= 0.6 is 12.2 Å². The van der Waals surface area contributed by atoms with Gasteiger partial charge in [0.25, 0.3) is 11.8 Å². The van der Waals surface area contributed by atoms with Crippen LogP contribution in [0.1, 0.15) is 12.8 Å². The van der Waals surface area contributed by atoms with Crippen LogP contribution in [0.25, 0.3) is 0 Å². The summed E-state index contributed by atoms with van der Waals surface area (Å²) in [6.45, 7) is 1.60. The molecule has 0 radical (unpaired) electrons. The van der Waals surface area contributed by atoms with Crippen LogP contribution < -0.4 is 10.2 Å². The average Bonchev–Trinajstić information content (AvgIpc) is 2.98. The molecule has 1 aromatic rings. The number of amides is 2. The molecule has 0 unspecified atom stereocenters. The molecule has 0 atom stereocenters. The minimum Gasteiger partial charge on any atom is -0.377 e. The first-order valence-electron chi connectivity index (χ1n) is 6.98. The van der Waals surface area contributed by atoms with E-state index in [0.29, 0.717) is 0 Å². The monoisotopic (exact) mass is 319 g/mol. The second-order valence-corrected chi connectivity index (χ2v) is 5.52. The van der Waals surface area contributed by atoms with Crippen molar-refractivity contribution in [2.24, 2.45) is 0 Å². The molecule has 0 saturated carbocycles. The van der Waals surface area contributed by atoms with E-state index >= 15 is 0 Å². The Morgan fingerprint density at radius 1 is 1.18 bits per heavy atom. The van der Waals surface area contributed by atoms with Crippen molar-refractivity contribution in [3.8, 4) is 0 Å². The Bertz CT molecular complexity index is 683. The van der Waals surface area contributed by atoms with Gasteiger partial charge < -0.3 is 4.90 Å². The lowest BCUT2D eigenvalue weighted by Crippen LogP contribution is -2.55. The van der Waals surface area contributed by atoms with Crippen LogP contribution in [0.3, 0.4) is 0 Å². The van der Waals surface area contributed by atoms with E-state index in [2.05, 4.69) is 5.32 Å². The van der Waals surface area contributed by atoms with Gasteiger partial charge in [0.1, 0.15) is 11.4 Å². The summed E-state index contributed by atoms with van der Waals surface area (Å²) in [5.74, 6) is -1.73. The molecule has 2 fully saturated rings. The molecule has 1 N–H and O–H groups in total. The van der Waals surface area contributed by atoms with E-state index in [1.807, 2.05) is 4.90 Å². The molecule has 5 nitrogen and oxygen atoms in total. The van der Waals surface area contributed by atoms with E-state index in [1.54, 1.807) is 12.3 Å². The van der Waals surface area contributed by atoms with Crippen molar-refractivity contribution in [2.75, 3.05) is 18.0 Å². The normalized spacial score (nSPS) is 20.8. The topological polar surface area (TPSA) is 52.7 Å². The van der Waals surface area contributed by atoms with Crippen molar-refractivity contribution in [1.29, 1.82) is 0 Å². The maximum Gasteiger partial charge on any atom is 0.271 e. The second kappa shape index (κ2) is 5.84. The first-order chi connectivity index (χ1) is 10.6. The maximum absolute atomic E-state index is 14.0. The van der Waals surface area contributed by atoms with Crippen molar-refractivity contribution in [3.63, 3.8) is 0 Å².